The van der Waals surface area contributed by atoms with Crippen molar-refractivity contribution in [2.45, 2.75) is 18.9 Å². The molecule has 1 heterocycles. The first-order chi connectivity index (χ1) is 9.11. The maximum Gasteiger partial charge on any atom is 0.273 e. The molecule has 0 bridgehead atoms. The number of benzene rings is 1. The summed E-state index contributed by atoms with van der Waals surface area (Å²) in [5.41, 5.74) is 0.00979. The zero-order valence-corrected chi connectivity index (χ0v) is 11.2. The number of methoxy groups -OCH3 is 1. The lowest BCUT2D eigenvalue weighted by atomic mass is 10.2. The van der Waals surface area contributed by atoms with Crippen molar-refractivity contribution in [1.82, 2.24) is 4.90 Å². The summed E-state index contributed by atoms with van der Waals surface area (Å²) in [6.07, 6.45) is 2.25. The van der Waals surface area contributed by atoms with Crippen molar-refractivity contribution in [2.24, 2.45) is 0 Å². The topological polar surface area (TPSA) is 64.8 Å². The Balaban J connectivity index is 2.09. The van der Waals surface area contributed by atoms with Gasteiger partial charge in [0, 0.05) is 12.1 Å². The van der Waals surface area contributed by atoms with Crippen molar-refractivity contribution in [1.29, 1.82) is 0 Å². The van der Waals surface area contributed by atoms with Crippen LogP contribution in [-0.2, 0) is 0 Å². The molecule has 0 aliphatic carbocycles. The number of likely N-dealkylation sites (tertiary alicyclic amines) is 1. The van der Waals surface area contributed by atoms with E-state index in [9.17, 15) is 10.1 Å². The first-order valence-corrected chi connectivity index (χ1v) is 6.27. The van der Waals surface area contributed by atoms with Crippen molar-refractivity contribution in [2.75, 3.05) is 27.3 Å². The Hall–Kier alpha value is -1.82. The molecule has 1 aliphatic heterocycles. The highest BCUT2D eigenvalue weighted by Crippen LogP contribution is 2.31. The molecule has 104 valence electrons. The van der Waals surface area contributed by atoms with Crippen molar-refractivity contribution in [3.05, 3.63) is 28.3 Å². The number of non-ortho nitro benzene ring substituents is 1. The average Bonchev–Trinajstić information content (AvgIpc) is 2.81. The minimum absolute atomic E-state index is 0.00979. The molecule has 6 heteroatoms. The van der Waals surface area contributed by atoms with Crippen LogP contribution in [0.2, 0.25) is 0 Å². The molecule has 0 unspecified atom stereocenters. The van der Waals surface area contributed by atoms with E-state index in [-0.39, 0.29) is 5.69 Å². The zero-order chi connectivity index (χ0) is 13.8. The van der Waals surface area contributed by atoms with E-state index in [4.69, 9.17) is 9.47 Å². The second-order valence-electron chi connectivity index (χ2n) is 4.68. The smallest absolute Gasteiger partial charge is 0.273 e. The summed E-state index contributed by atoms with van der Waals surface area (Å²) < 4.78 is 10.9. The van der Waals surface area contributed by atoms with E-state index in [2.05, 4.69) is 11.9 Å². The highest BCUT2D eigenvalue weighted by Gasteiger charge is 2.22. The van der Waals surface area contributed by atoms with Gasteiger partial charge in [0.15, 0.2) is 11.5 Å². The van der Waals surface area contributed by atoms with Gasteiger partial charge in [-0.05, 0) is 32.5 Å². The molecule has 6 nitrogen and oxygen atoms in total. The molecule has 0 amide bonds. The van der Waals surface area contributed by atoms with Crippen LogP contribution in [0.3, 0.4) is 0 Å². The molecule has 0 N–H and O–H groups in total. The van der Waals surface area contributed by atoms with Gasteiger partial charge >= 0.3 is 0 Å². The number of likely N-dealkylation sites (N-methyl/N-ethyl adjacent to an activating group) is 1. The molecular formula is C13H18N2O4. The van der Waals surface area contributed by atoms with Gasteiger partial charge in [0.1, 0.15) is 6.61 Å². The predicted octanol–water partition coefficient (Wildman–Crippen LogP) is 2.08. The number of hydrogen-bond donors (Lipinski definition) is 0. The van der Waals surface area contributed by atoms with E-state index in [0.29, 0.717) is 24.1 Å². The van der Waals surface area contributed by atoms with Crippen molar-refractivity contribution < 1.29 is 14.4 Å². The molecule has 1 fully saturated rings. The molecule has 1 aliphatic rings. The van der Waals surface area contributed by atoms with E-state index < -0.39 is 4.92 Å². The quantitative estimate of drug-likeness (QED) is 0.603. The van der Waals surface area contributed by atoms with Gasteiger partial charge in [-0.1, -0.05) is 0 Å². The third-order valence-corrected chi connectivity index (χ3v) is 3.46. The highest BCUT2D eigenvalue weighted by atomic mass is 16.6. The van der Waals surface area contributed by atoms with Crippen molar-refractivity contribution in [3.8, 4) is 11.5 Å². The van der Waals surface area contributed by atoms with E-state index in [0.717, 1.165) is 19.4 Å². The number of rotatable bonds is 5. The van der Waals surface area contributed by atoms with Crippen LogP contribution in [0, 0.1) is 10.1 Å². The molecule has 1 saturated heterocycles. The Morgan fingerprint density at radius 2 is 2.26 bits per heavy atom. The molecule has 19 heavy (non-hydrogen) atoms. The summed E-state index contributed by atoms with van der Waals surface area (Å²) in [7, 11) is 3.58. The van der Waals surface area contributed by atoms with E-state index >= 15 is 0 Å². The monoisotopic (exact) mass is 266 g/mol. The van der Waals surface area contributed by atoms with Crippen LogP contribution in [-0.4, -0.2) is 43.2 Å². The normalized spacial score (nSPS) is 19.4. The van der Waals surface area contributed by atoms with E-state index in [1.54, 1.807) is 6.07 Å². The maximum atomic E-state index is 10.8. The lowest BCUT2D eigenvalue weighted by Gasteiger charge is -2.20. The summed E-state index contributed by atoms with van der Waals surface area (Å²) in [6, 6.07) is 4.75. The molecule has 1 atom stereocenters. The van der Waals surface area contributed by atoms with E-state index in [1.807, 2.05) is 0 Å². The molecule has 1 aromatic carbocycles. The van der Waals surface area contributed by atoms with Crippen LogP contribution >= 0.6 is 0 Å². The number of hydrogen-bond acceptors (Lipinski definition) is 5. The maximum absolute atomic E-state index is 10.8. The summed E-state index contributed by atoms with van der Waals surface area (Å²) in [5.74, 6) is 0.947. The van der Waals surface area contributed by atoms with Gasteiger partial charge in [0.2, 0.25) is 0 Å². The summed E-state index contributed by atoms with van der Waals surface area (Å²) in [6.45, 7) is 1.59. The molecule has 0 spiro atoms. The lowest BCUT2D eigenvalue weighted by Crippen LogP contribution is -2.30. The minimum atomic E-state index is -0.437. The van der Waals surface area contributed by atoms with Gasteiger partial charge < -0.3 is 14.4 Å². The second-order valence-corrected chi connectivity index (χ2v) is 4.68. The van der Waals surface area contributed by atoms with Gasteiger partial charge in [0.25, 0.3) is 5.69 Å². The highest BCUT2D eigenvalue weighted by molar-refractivity contribution is 5.48. The van der Waals surface area contributed by atoms with Crippen LogP contribution in [0.1, 0.15) is 12.8 Å². The Morgan fingerprint density at radius 1 is 1.47 bits per heavy atom. The SMILES string of the molecule is COc1ccc([N+](=O)[O-])cc1OC[C@@H]1CCCN1C. The fourth-order valence-electron chi connectivity index (χ4n) is 2.27. The Bertz CT molecular complexity index is 464. The summed E-state index contributed by atoms with van der Waals surface area (Å²) >= 11 is 0. The number of ether oxygens (including phenoxy) is 2. The molecule has 1 aromatic rings. The van der Waals surface area contributed by atoms with Gasteiger partial charge in [-0.15, -0.1) is 0 Å². The third kappa shape index (κ3) is 3.14. The third-order valence-electron chi connectivity index (χ3n) is 3.46. The van der Waals surface area contributed by atoms with Crippen LogP contribution in [0.15, 0.2) is 18.2 Å². The second kappa shape index (κ2) is 5.88. The predicted molar refractivity (Wildman–Crippen MR) is 70.8 cm³/mol. The largest absolute Gasteiger partial charge is 0.493 e. The molecule has 0 saturated carbocycles. The van der Waals surface area contributed by atoms with E-state index in [1.165, 1.54) is 19.2 Å². The summed E-state index contributed by atoms with van der Waals surface area (Å²) in [5, 5.41) is 10.8. The Labute approximate surface area is 112 Å². The fraction of sp³-hybridized carbons (Fsp3) is 0.538. The van der Waals surface area contributed by atoms with Gasteiger partial charge in [-0.25, -0.2) is 0 Å². The van der Waals surface area contributed by atoms with Crippen LogP contribution in [0.25, 0.3) is 0 Å². The lowest BCUT2D eigenvalue weighted by molar-refractivity contribution is -0.385. The van der Waals surface area contributed by atoms with Crippen molar-refractivity contribution in [3.63, 3.8) is 0 Å². The first kappa shape index (κ1) is 13.6. The van der Waals surface area contributed by atoms with Crippen LogP contribution < -0.4 is 9.47 Å². The van der Waals surface area contributed by atoms with Gasteiger partial charge in [0.05, 0.1) is 18.1 Å². The van der Waals surface area contributed by atoms with Crippen LogP contribution in [0.5, 0.6) is 11.5 Å². The average molecular weight is 266 g/mol. The molecular weight excluding hydrogens is 248 g/mol. The van der Waals surface area contributed by atoms with Gasteiger partial charge in [-0.2, -0.15) is 0 Å². The summed E-state index contributed by atoms with van der Waals surface area (Å²) in [4.78, 5) is 12.6. The number of nitrogens with zero attached hydrogens (tertiary/aromatic N) is 2. The Morgan fingerprint density at radius 3 is 2.84 bits per heavy atom. The van der Waals surface area contributed by atoms with Gasteiger partial charge in [-0.3, -0.25) is 10.1 Å². The fourth-order valence-corrected chi connectivity index (χ4v) is 2.27. The van der Waals surface area contributed by atoms with Crippen LogP contribution in [0.4, 0.5) is 5.69 Å². The Kier molecular flexibility index (Phi) is 4.21. The minimum Gasteiger partial charge on any atom is -0.493 e. The number of nitro benzene ring substituents is 1. The molecule has 0 aromatic heterocycles. The molecule has 2 rings (SSSR count). The van der Waals surface area contributed by atoms with Crippen molar-refractivity contribution >= 4 is 5.69 Å². The molecule has 0 radical (unpaired) electrons. The standard InChI is InChI=1S/C13H18N2O4/c1-14-7-3-4-11(14)9-19-13-8-10(15(16)17)5-6-12(13)18-2/h5-6,8,11H,3-4,7,9H2,1-2H3/t11-/m0/s1. The number of nitro groups is 1. The first-order valence-electron chi connectivity index (χ1n) is 6.27. The zero-order valence-electron chi connectivity index (χ0n) is 11.2.